The van der Waals surface area contributed by atoms with Crippen LogP contribution in [0.4, 0.5) is 19.0 Å². The fourth-order valence-corrected chi connectivity index (χ4v) is 5.08. The van der Waals surface area contributed by atoms with Crippen molar-refractivity contribution in [2.45, 2.75) is 50.3 Å². The lowest BCUT2D eigenvalue weighted by molar-refractivity contribution is -0.141. The van der Waals surface area contributed by atoms with Crippen LogP contribution in [0.2, 0.25) is 0 Å². The predicted molar refractivity (Wildman–Crippen MR) is 132 cm³/mol. The van der Waals surface area contributed by atoms with E-state index in [2.05, 4.69) is 10.1 Å². The Morgan fingerprint density at radius 2 is 1.69 bits per heavy atom. The Bertz CT molecular complexity index is 1150. The summed E-state index contributed by atoms with van der Waals surface area (Å²) in [5.41, 5.74) is 1.19. The number of piperidine rings is 2. The van der Waals surface area contributed by atoms with Gasteiger partial charge in [0.15, 0.2) is 0 Å². The summed E-state index contributed by atoms with van der Waals surface area (Å²) in [6, 6.07) is 12.3. The Labute approximate surface area is 208 Å². The van der Waals surface area contributed by atoms with E-state index in [0.29, 0.717) is 51.0 Å². The molecule has 0 saturated carbocycles. The fourth-order valence-electron chi connectivity index (χ4n) is 5.08. The van der Waals surface area contributed by atoms with Crippen LogP contribution < -0.4 is 4.90 Å². The van der Waals surface area contributed by atoms with Crippen LogP contribution in [0.1, 0.15) is 55.3 Å². The van der Waals surface area contributed by atoms with Crippen molar-refractivity contribution >= 4 is 23.5 Å². The number of nitrogens with zero attached hydrogens (tertiary/aromatic N) is 4. The number of halogens is 3. The molecule has 0 aliphatic carbocycles. The summed E-state index contributed by atoms with van der Waals surface area (Å²) in [5, 5.41) is 4.31. The van der Waals surface area contributed by atoms with Crippen LogP contribution in [-0.4, -0.2) is 53.3 Å². The van der Waals surface area contributed by atoms with Gasteiger partial charge in [-0.2, -0.15) is 13.2 Å². The molecular formula is C27H29F3N4O2. The number of anilines is 1. The number of rotatable bonds is 4. The number of alkyl halides is 3. The van der Waals surface area contributed by atoms with Gasteiger partial charge in [0.2, 0.25) is 5.91 Å². The summed E-state index contributed by atoms with van der Waals surface area (Å²) in [7, 11) is 0. The molecule has 1 aromatic carbocycles. The molecule has 3 aliphatic heterocycles. The number of oxime groups is 1. The second-order valence-corrected chi connectivity index (χ2v) is 9.67. The zero-order valence-corrected chi connectivity index (χ0v) is 20.0. The summed E-state index contributed by atoms with van der Waals surface area (Å²) < 4.78 is 39.9. The molecule has 2 saturated heterocycles. The van der Waals surface area contributed by atoms with Crippen LogP contribution in [0.3, 0.4) is 0 Å². The zero-order valence-electron chi connectivity index (χ0n) is 20.0. The molecule has 4 heterocycles. The van der Waals surface area contributed by atoms with Crippen LogP contribution in [0.5, 0.6) is 0 Å². The molecule has 0 unspecified atom stereocenters. The highest BCUT2D eigenvalue weighted by Gasteiger charge is 2.43. The van der Waals surface area contributed by atoms with Crippen LogP contribution >= 0.6 is 0 Å². The third-order valence-corrected chi connectivity index (χ3v) is 7.19. The van der Waals surface area contributed by atoms with Crippen molar-refractivity contribution in [2.24, 2.45) is 5.16 Å². The van der Waals surface area contributed by atoms with E-state index in [4.69, 9.17) is 4.84 Å². The zero-order chi connectivity index (χ0) is 25.2. The molecule has 9 heteroatoms. The van der Waals surface area contributed by atoms with E-state index >= 15 is 0 Å². The van der Waals surface area contributed by atoms with Gasteiger partial charge in [-0.1, -0.05) is 35.5 Å². The first kappa shape index (κ1) is 24.3. The van der Waals surface area contributed by atoms with Crippen LogP contribution in [0.25, 0.3) is 6.08 Å². The molecule has 0 radical (unpaired) electrons. The minimum atomic E-state index is -4.52. The molecule has 0 atom stereocenters. The first-order valence-electron chi connectivity index (χ1n) is 12.4. The maximum absolute atomic E-state index is 13.3. The summed E-state index contributed by atoms with van der Waals surface area (Å²) in [6.45, 7) is 2.38. The Hall–Kier alpha value is -3.36. The maximum Gasteiger partial charge on any atom is 0.433 e. The highest BCUT2D eigenvalue weighted by molar-refractivity contribution is 6.01. The first-order chi connectivity index (χ1) is 17.3. The summed E-state index contributed by atoms with van der Waals surface area (Å²) in [4.78, 5) is 26.4. The average molecular weight is 499 g/mol. The Balaban J connectivity index is 1.24. The van der Waals surface area contributed by atoms with Crippen molar-refractivity contribution in [3.05, 3.63) is 65.4 Å². The lowest BCUT2D eigenvalue weighted by Gasteiger charge is -2.36. The first-order valence-corrected chi connectivity index (χ1v) is 12.4. The average Bonchev–Trinajstić information content (AvgIpc) is 3.31. The quantitative estimate of drug-likeness (QED) is 0.538. The number of hydrogen-bond donors (Lipinski definition) is 0. The van der Waals surface area contributed by atoms with E-state index in [9.17, 15) is 18.0 Å². The molecule has 1 amide bonds. The summed E-state index contributed by atoms with van der Waals surface area (Å²) in [5.74, 6) is 0.118. The minimum Gasteiger partial charge on any atom is -0.388 e. The van der Waals surface area contributed by atoms with Gasteiger partial charge < -0.3 is 14.6 Å². The largest absolute Gasteiger partial charge is 0.433 e. The minimum absolute atomic E-state index is 0.170. The van der Waals surface area contributed by atoms with E-state index in [1.807, 2.05) is 35.2 Å². The van der Waals surface area contributed by atoms with Crippen LogP contribution in [0, 0.1) is 0 Å². The van der Waals surface area contributed by atoms with E-state index in [-0.39, 0.29) is 17.3 Å². The molecule has 36 heavy (non-hydrogen) atoms. The number of likely N-dealkylation sites (tertiary alicyclic amines) is 1. The van der Waals surface area contributed by atoms with Crippen molar-refractivity contribution in [2.75, 3.05) is 31.1 Å². The van der Waals surface area contributed by atoms with Gasteiger partial charge in [-0.25, -0.2) is 4.98 Å². The van der Waals surface area contributed by atoms with Gasteiger partial charge in [-0.15, -0.1) is 0 Å². The van der Waals surface area contributed by atoms with Gasteiger partial charge in [-0.3, -0.25) is 4.79 Å². The van der Waals surface area contributed by atoms with Crippen molar-refractivity contribution in [3.63, 3.8) is 0 Å². The molecular weight excluding hydrogens is 469 g/mol. The molecule has 0 N–H and O–H groups in total. The van der Waals surface area contributed by atoms with Crippen molar-refractivity contribution in [1.29, 1.82) is 0 Å². The molecule has 1 aromatic heterocycles. The number of amides is 1. The number of hydrogen-bond acceptors (Lipinski definition) is 5. The molecule has 5 rings (SSSR count). The molecule has 6 nitrogen and oxygen atoms in total. The van der Waals surface area contributed by atoms with Crippen molar-refractivity contribution in [1.82, 2.24) is 9.88 Å². The third-order valence-electron chi connectivity index (χ3n) is 7.19. The normalized spacial score (nSPS) is 20.0. The number of carbonyl (C=O) groups excluding carboxylic acids is 1. The maximum atomic E-state index is 13.3. The van der Waals surface area contributed by atoms with Gasteiger partial charge in [0.1, 0.15) is 17.1 Å². The van der Waals surface area contributed by atoms with Crippen molar-refractivity contribution < 1.29 is 22.8 Å². The topological polar surface area (TPSA) is 58.0 Å². The van der Waals surface area contributed by atoms with Gasteiger partial charge in [-0.05, 0) is 43.0 Å². The molecule has 1 spiro atoms. The van der Waals surface area contributed by atoms with Gasteiger partial charge in [0.05, 0.1) is 5.71 Å². The second-order valence-electron chi connectivity index (χ2n) is 9.67. The van der Waals surface area contributed by atoms with Gasteiger partial charge in [0, 0.05) is 57.1 Å². The Morgan fingerprint density at radius 3 is 2.39 bits per heavy atom. The number of aromatic nitrogens is 1. The monoisotopic (exact) mass is 498 g/mol. The van der Waals surface area contributed by atoms with Gasteiger partial charge >= 0.3 is 6.18 Å². The predicted octanol–water partition coefficient (Wildman–Crippen LogP) is 5.29. The number of carbonyl (C=O) groups is 1. The SMILES string of the molecule is O=C(C=Cc1ccc(C(F)(F)F)nc1N1CCCCC1)N1CCC2(CC1)CC(c1ccccc1)=NO2. The van der Waals surface area contributed by atoms with Crippen molar-refractivity contribution in [3.8, 4) is 0 Å². The van der Waals surface area contributed by atoms with Gasteiger partial charge in [0.25, 0.3) is 0 Å². The second kappa shape index (κ2) is 9.95. The Morgan fingerprint density at radius 1 is 0.972 bits per heavy atom. The summed E-state index contributed by atoms with van der Waals surface area (Å²) >= 11 is 0. The summed E-state index contributed by atoms with van der Waals surface area (Å²) in [6.07, 6.45) is 3.45. The molecule has 2 fully saturated rings. The highest BCUT2D eigenvalue weighted by Crippen LogP contribution is 2.36. The third kappa shape index (κ3) is 5.24. The smallest absolute Gasteiger partial charge is 0.388 e. The number of pyridine rings is 1. The fraction of sp³-hybridized carbons (Fsp3) is 0.444. The molecule has 2 aromatic rings. The standard InChI is InChI=1S/C27H29F3N4O2/c28-27(29,30)23-11-9-21(25(31-23)34-15-5-2-6-16-34)10-12-24(35)33-17-13-26(14-18-33)19-22(32-36-26)20-7-3-1-4-8-20/h1,3-4,7-12H,2,5-6,13-19H2. The molecule has 0 bridgehead atoms. The van der Waals surface area contributed by atoms with Crippen LogP contribution in [-0.2, 0) is 15.8 Å². The van der Waals surface area contributed by atoms with Crippen LogP contribution in [0.15, 0.2) is 53.7 Å². The Kier molecular flexibility index (Phi) is 6.73. The molecule has 190 valence electrons. The van der Waals surface area contributed by atoms with E-state index < -0.39 is 11.9 Å². The van der Waals surface area contributed by atoms with E-state index in [1.165, 1.54) is 12.1 Å². The van der Waals surface area contributed by atoms with E-state index in [1.54, 1.807) is 11.0 Å². The lowest BCUT2D eigenvalue weighted by atomic mass is 9.85. The number of benzene rings is 1. The molecule has 3 aliphatic rings. The van der Waals surface area contributed by atoms with E-state index in [0.717, 1.165) is 36.6 Å². The lowest BCUT2D eigenvalue weighted by Crippen LogP contribution is -2.46. The highest BCUT2D eigenvalue weighted by atomic mass is 19.4.